The molecule has 0 radical (unpaired) electrons. The summed E-state index contributed by atoms with van der Waals surface area (Å²) >= 11 is 0. The molecular formula is C29H35N5O4. The lowest BCUT2D eigenvalue weighted by Crippen LogP contribution is -2.49. The van der Waals surface area contributed by atoms with E-state index in [9.17, 15) is 14.7 Å². The van der Waals surface area contributed by atoms with Gasteiger partial charge in [-0.15, -0.1) is 0 Å². The van der Waals surface area contributed by atoms with E-state index in [0.717, 1.165) is 12.1 Å². The molecule has 3 N–H and O–H groups in total. The number of para-hydroxylation sites is 1. The molecule has 1 aliphatic heterocycles. The second-order valence-electron chi connectivity index (χ2n) is 9.83. The summed E-state index contributed by atoms with van der Waals surface area (Å²) in [6.07, 6.45) is 3.35. The largest absolute Gasteiger partial charge is 0.488 e. The van der Waals surface area contributed by atoms with Gasteiger partial charge in [-0.25, -0.2) is 4.79 Å². The van der Waals surface area contributed by atoms with E-state index in [4.69, 9.17) is 4.74 Å². The van der Waals surface area contributed by atoms with Crippen LogP contribution in [-0.2, 0) is 6.54 Å². The zero-order valence-electron chi connectivity index (χ0n) is 22.0. The Morgan fingerprint density at radius 1 is 1.13 bits per heavy atom. The first-order chi connectivity index (χ1) is 18.3. The summed E-state index contributed by atoms with van der Waals surface area (Å²) in [5.41, 5.74) is 2.62. The van der Waals surface area contributed by atoms with Gasteiger partial charge in [0.05, 0.1) is 18.2 Å². The number of carbonyl (C=O) groups excluding carboxylic acids is 2. The number of urea groups is 1. The molecule has 2 aromatic carbocycles. The molecular weight excluding hydrogens is 482 g/mol. The first-order valence-corrected chi connectivity index (χ1v) is 12.8. The van der Waals surface area contributed by atoms with Crippen molar-refractivity contribution in [1.29, 1.82) is 0 Å². The maximum Gasteiger partial charge on any atom is 0.323 e. The highest BCUT2D eigenvalue weighted by Crippen LogP contribution is 2.31. The number of nitrogens with one attached hydrogen (secondary N) is 2. The van der Waals surface area contributed by atoms with Gasteiger partial charge in [0, 0.05) is 49.3 Å². The van der Waals surface area contributed by atoms with Crippen LogP contribution in [0.15, 0.2) is 73.1 Å². The summed E-state index contributed by atoms with van der Waals surface area (Å²) in [5, 5.41) is 15.5. The number of likely N-dealkylation sites (N-methyl/N-ethyl adjacent to an activating group) is 1. The number of aliphatic hydroxyl groups is 1. The topological polar surface area (TPSA) is 107 Å². The van der Waals surface area contributed by atoms with E-state index < -0.39 is 6.03 Å². The molecule has 9 heteroatoms. The lowest BCUT2D eigenvalue weighted by atomic mass is 9.99. The van der Waals surface area contributed by atoms with E-state index in [1.165, 1.54) is 0 Å². The summed E-state index contributed by atoms with van der Waals surface area (Å²) < 4.78 is 6.45. The molecule has 0 saturated carbocycles. The molecule has 3 aromatic rings. The van der Waals surface area contributed by atoms with Gasteiger partial charge >= 0.3 is 6.03 Å². The Labute approximate surface area is 223 Å². The summed E-state index contributed by atoms with van der Waals surface area (Å²) in [5.74, 6) is 0.215. The molecule has 3 atom stereocenters. The van der Waals surface area contributed by atoms with Crippen LogP contribution in [-0.4, -0.2) is 70.7 Å². The van der Waals surface area contributed by atoms with Crippen molar-refractivity contribution in [3.63, 3.8) is 0 Å². The minimum Gasteiger partial charge on any atom is -0.488 e. The third-order valence-corrected chi connectivity index (χ3v) is 6.65. The van der Waals surface area contributed by atoms with E-state index in [1.807, 2.05) is 44.3 Å². The molecule has 0 bridgehead atoms. The summed E-state index contributed by atoms with van der Waals surface area (Å²) in [6, 6.07) is 17.4. The normalized spacial score (nSPS) is 18.1. The molecule has 1 aliphatic rings. The number of aliphatic hydroxyl groups excluding tert-OH is 1. The number of carbonyl (C=O) groups is 2. The molecule has 0 unspecified atom stereocenters. The zero-order chi connectivity index (χ0) is 27.1. The predicted octanol–water partition coefficient (Wildman–Crippen LogP) is 4.08. The molecule has 38 heavy (non-hydrogen) atoms. The first kappa shape index (κ1) is 27.1. The Morgan fingerprint density at radius 2 is 1.84 bits per heavy atom. The van der Waals surface area contributed by atoms with Crippen LogP contribution in [0.5, 0.6) is 5.75 Å². The smallest absolute Gasteiger partial charge is 0.323 e. The van der Waals surface area contributed by atoms with Crippen molar-refractivity contribution in [3.8, 4) is 5.75 Å². The Morgan fingerprint density at radius 3 is 2.55 bits per heavy atom. The Hall–Kier alpha value is -3.95. The van der Waals surface area contributed by atoms with Gasteiger partial charge in [-0.1, -0.05) is 25.1 Å². The van der Waals surface area contributed by atoms with Crippen molar-refractivity contribution in [2.24, 2.45) is 5.92 Å². The van der Waals surface area contributed by atoms with Crippen LogP contribution in [0.3, 0.4) is 0 Å². The molecule has 0 aliphatic carbocycles. The number of fused-ring (bicyclic) bond motifs is 1. The number of benzene rings is 2. The molecule has 0 spiro atoms. The van der Waals surface area contributed by atoms with Crippen LogP contribution in [0, 0.1) is 5.92 Å². The Kier molecular flexibility index (Phi) is 8.93. The standard InChI is InChI=1S/C29H35N5O4/c1-20-16-34(21(2)19-35)28(36)25-15-24(32-29(37)31-23-7-5-4-6-8-23)9-10-26(25)38-27(20)18-33(3)17-22-11-13-30-14-12-22/h4-15,20-21,27,35H,16-19H2,1-3H3,(H2,31,32,37)/t20-,21-,27-/m0/s1. The second-order valence-corrected chi connectivity index (χ2v) is 9.83. The maximum absolute atomic E-state index is 13.6. The highest BCUT2D eigenvalue weighted by molar-refractivity contribution is 6.02. The minimum absolute atomic E-state index is 0.00967. The number of hydrogen-bond acceptors (Lipinski definition) is 6. The van der Waals surface area contributed by atoms with Crippen molar-refractivity contribution in [2.75, 3.05) is 37.4 Å². The van der Waals surface area contributed by atoms with E-state index in [0.29, 0.717) is 35.8 Å². The molecule has 2 heterocycles. The van der Waals surface area contributed by atoms with Gasteiger partial charge in [-0.2, -0.15) is 0 Å². The molecule has 0 saturated heterocycles. The fourth-order valence-corrected chi connectivity index (χ4v) is 4.50. The highest BCUT2D eigenvalue weighted by Gasteiger charge is 2.33. The molecule has 4 rings (SSSR count). The number of nitrogens with zero attached hydrogens (tertiary/aromatic N) is 3. The summed E-state index contributed by atoms with van der Waals surface area (Å²) in [7, 11) is 2.04. The maximum atomic E-state index is 13.6. The van der Waals surface area contributed by atoms with E-state index in [-0.39, 0.29) is 30.6 Å². The Balaban J connectivity index is 1.56. The minimum atomic E-state index is -0.417. The van der Waals surface area contributed by atoms with Gasteiger partial charge in [-0.05, 0) is 62.0 Å². The van der Waals surface area contributed by atoms with Gasteiger partial charge in [-0.3, -0.25) is 14.7 Å². The summed E-state index contributed by atoms with van der Waals surface area (Å²) in [4.78, 5) is 34.1. The number of pyridine rings is 1. The van der Waals surface area contributed by atoms with Crippen LogP contribution < -0.4 is 15.4 Å². The molecule has 0 fully saturated rings. The average Bonchev–Trinajstić information content (AvgIpc) is 2.91. The SMILES string of the molecule is C[C@H]1CN([C@@H](C)CO)C(=O)c2cc(NC(=O)Nc3ccccc3)ccc2O[C@H]1CN(C)Cc1ccncc1. The van der Waals surface area contributed by atoms with Gasteiger partial charge < -0.3 is 25.4 Å². The number of ether oxygens (including phenoxy) is 1. The zero-order valence-corrected chi connectivity index (χ0v) is 22.0. The molecule has 1 aromatic heterocycles. The van der Waals surface area contributed by atoms with Crippen LogP contribution in [0.25, 0.3) is 0 Å². The third-order valence-electron chi connectivity index (χ3n) is 6.65. The second kappa shape index (κ2) is 12.5. The molecule has 3 amide bonds. The van der Waals surface area contributed by atoms with Gasteiger partial charge in [0.15, 0.2) is 0 Å². The van der Waals surface area contributed by atoms with Crippen LogP contribution in [0.4, 0.5) is 16.2 Å². The highest BCUT2D eigenvalue weighted by atomic mass is 16.5. The van der Waals surface area contributed by atoms with E-state index in [1.54, 1.807) is 47.6 Å². The van der Waals surface area contributed by atoms with Crippen molar-refractivity contribution < 1.29 is 19.4 Å². The van der Waals surface area contributed by atoms with Crippen molar-refractivity contribution in [2.45, 2.75) is 32.5 Å². The lowest BCUT2D eigenvalue weighted by Gasteiger charge is -2.38. The Bertz CT molecular complexity index is 1220. The number of hydrogen-bond donors (Lipinski definition) is 3. The van der Waals surface area contributed by atoms with Crippen molar-refractivity contribution in [1.82, 2.24) is 14.8 Å². The fourth-order valence-electron chi connectivity index (χ4n) is 4.50. The van der Waals surface area contributed by atoms with E-state index >= 15 is 0 Å². The first-order valence-electron chi connectivity index (χ1n) is 12.8. The molecule has 9 nitrogen and oxygen atoms in total. The number of amides is 3. The monoisotopic (exact) mass is 517 g/mol. The summed E-state index contributed by atoms with van der Waals surface area (Å²) in [6.45, 7) is 5.53. The van der Waals surface area contributed by atoms with Gasteiger partial charge in [0.1, 0.15) is 11.9 Å². The quantitative estimate of drug-likeness (QED) is 0.416. The fraction of sp³-hybridized carbons (Fsp3) is 0.345. The average molecular weight is 518 g/mol. The number of rotatable bonds is 8. The molecule has 200 valence electrons. The predicted molar refractivity (Wildman–Crippen MR) is 147 cm³/mol. The van der Waals surface area contributed by atoms with E-state index in [2.05, 4.69) is 27.4 Å². The number of anilines is 2. The van der Waals surface area contributed by atoms with Crippen LogP contribution >= 0.6 is 0 Å². The van der Waals surface area contributed by atoms with Crippen LogP contribution in [0.2, 0.25) is 0 Å². The van der Waals surface area contributed by atoms with Gasteiger partial charge in [0.2, 0.25) is 0 Å². The third kappa shape index (κ3) is 6.87. The van der Waals surface area contributed by atoms with Gasteiger partial charge in [0.25, 0.3) is 5.91 Å². The van der Waals surface area contributed by atoms with Crippen molar-refractivity contribution >= 4 is 23.3 Å². The van der Waals surface area contributed by atoms with Crippen LogP contribution in [0.1, 0.15) is 29.8 Å². The van der Waals surface area contributed by atoms with Crippen molar-refractivity contribution in [3.05, 3.63) is 84.2 Å². The number of aromatic nitrogens is 1. The lowest BCUT2D eigenvalue weighted by molar-refractivity contribution is 0.0341.